The number of pyridine rings is 2. The molecule has 2 aromatic carbocycles. The van der Waals surface area contributed by atoms with Gasteiger partial charge in [-0.1, -0.05) is 17.7 Å². The number of carbonyl (C=O) groups excluding carboxylic acids is 2. The number of hydrogen-bond acceptors (Lipinski definition) is 4. The number of rotatable bonds is 5. The molecule has 0 atom stereocenters. The molecular formula is C27H25N3O3. The van der Waals surface area contributed by atoms with Crippen LogP contribution in [0.2, 0.25) is 0 Å². The van der Waals surface area contributed by atoms with Crippen LogP contribution in [0.5, 0.6) is 0 Å². The highest BCUT2D eigenvalue weighted by molar-refractivity contribution is 6.10. The monoisotopic (exact) mass is 439 g/mol. The summed E-state index contributed by atoms with van der Waals surface area (Å²) >= 11 is 0. The van der Waals surface area contributed by atoms with Crippen molar-refractivity contribution in [3.8, 4) is 0 Å². The predicted octanol–water partition coefficient (Wildman–Crippen LogP) is 4.50. The molecule has 0 saturated heterocycles. The first-order valence-electron chi connectivity index (χ1n) is 10.7. The number of benzene rings is 2. The van der Waals surface area contributed by atoms with Gasteiger partial charge in [-0.2, -0.15) is 0 Å². The van der Waals surface area contributed by atoms with Gasteiger partial charge < -0.3 is 9.88 Å². The molecule has 0 radical (unpaired) electrons. The lowest BCUT2D eigenvalue weighted by Gasteiger charge is -2.16. The van der Waals surface area contributed by atoms with E-state index in [0.717, 1.165) is 27.9 Å². The lowest BCUT2D eigenvalue weighted by Crippen LogP contribution is -2.24. The molecule has 1 amide bonds. The maximum absolute atomic E-state index is 13.3. The van der Waals surface area contributed by atoms with Gasteiger partial charge in [-0.3, -0.25) is 19.4 Å². The highest BCUT2D eigenvalue weighted by atomic mass is 16.2. The van der Waals surface area contributed by atoms with Crippen LogP contribution in [0.4, 0.5) is 5.69 Å². The Labute approximate surface area is 191 Å². The van der Waals surface area contributed by atoms with Gasteiger partial charge in [-0.25, -0.2) is 0 Å². The fourth-order valence-corrected chi connectivity index (χ4v) is 3.90. The normalized spacial score (nSPS) is 10.9. The zero-order valence-electron chi connectivity index (χ0n) is 19.1. The molecule has 166 valence electrons. The molecule has 4 rings (SSSR count). The predicted molar refractivity (Wildman–Crippen MR) is 130 cm³/mol. The number of ketones is 1. The van der Waals surface area contributed by atoms with Gasteiger partial charge in [-0.15, -0.1) is 0 Å². The highest BCUT2D eigenvalue weighted by Crippen LogP contribution is 2.20. The van der Waals surface area contributed by atoms with E-state index in [1.807, 2.05) is 52.0 Å². The molecule has 0 aliphatic heterocycles. The van der Waals surface area contributed by atoms with E-state index in [4.69, 9.17) is 0 Å². The Morgan fingerprint density at radius 2 is 1.61 bits per heavy atom. The fraction of sp³-hybridized carbons (Fsp3) is 0.185. The average Bonchev–Trinajstić information content (AvgIpc) is 2.79. The van der Waals surface area contributed by atoms with Gasteiger partial charge >= 0.3 is 0 Å². The van der Waals surface area contributed by atoms with Crippen LogP contribution < -0.4 is 10.7 Å². The molecular weight excluding hydrogens is 414 g/mol. The molecule has 0 unspecified atom stereocenters. The van der Waals surface area contributed by atoms with E-state index in [2.05, 4.69) is 10.3 Å². The largest absolute Gasteiger partial charge is 0.337 e. The van der Waals surface area contributed by atoms with Gasteiger partial charge in [0, 0.05) is 35.2 Å². The van der Waals surface area contributed by atoms with Crippen molar-refractivity contribution in [2.75, 3.05) is 5.32 Å². The van der Waals surface area contributed by atoms with E-state index in [-0.39, 0.29) is 23.4 Å². The molecule has 6 nitrogen and oxygen atoms in total. The van der Waals surface area contributed by atoms with Crippen molar-refractivity contribution in [2.24, 2.45) is 0 Å². The molecule has 0 fully saturated rings. The number of hydrogen-bond donors (Lipinski definition) is 1. The Hall–Kier alpha value is -4.06. The number of aromatic nitrogens is 2. The number of carbonyl (C=O) groups is 2. The van der Waals surface area contributed by atoms with Crippen molar-refractivity contribution in [1.82, 2.24) is 9.55 Å². The maximum atomic E-state index is 13.3. The molecule has 0 bridgehead atoms. The molecule has 0 aliphatic carbocycles. The van der Waals surface area contributed by atoms with Gasteiger partial charge in [0.05, 0.1) is 11.1 Å². The molecule has 2 aromatic heterocycles. The first kappa shape index (κ1) is 22.1. The Morgan fingerprint density at radius 1 is 0.909 bits per heavy atom. The van der Waals surface area contributed by atoms with Crippen molar-refractivity contribution < 1.29 is 9.59 Å². The number of nitrogens with zero attached hydrogens (tertiary/aromatic N) is 2. The topological polar surface area (TPSA) is 81.1 Å². The number of amides is 1. The van der Waals surface area contributed by atoms with Gasteiger partial charge in [0.1, 0.15) is 6.54 Å². The summed E-state index contributed by atoms with van der Waals surface area (Å²) in [6, 6.07) is 12.6. The smallest absolute Gasteiger partial charge is 0.244 e. The molecule has 1 N–H and O–H groups in total. The number of aryl methyl sites for hydroxylation is 4. The number of nitrogens with one attached hydrogen (secondary N) is 1. The van der Waals surface area contributed by atoms with Crippen molar-refractivity contribution in [3.05, 3.63) is 105 Å². The summed E-state index contributed by atoms with van der Waals surface area (Å²) < 4.78 is 1.68. The molecule has 0 aliphatic rings. The summed E-state index contributed by atoms with van der Waals surface area (Å²) in [5.41, 5.74) is 5.42. The van der Waals surface area contributed by atoms with E-state index < -0.39 is 5.78 Å². The molecule has 0 spiro atoms. The Bertz CT molecular complexity index is 1450. The van der Waals surface area contributed by atoms with Crippen LogP contribution in [0.25, 0.3) is 10.9 Å². The summed E-state index contributed by atoms with van der Waals surface area (Å²) in [5.74, 6) is -0.640. The van der Waals surface area contributed by atoms with E-state index in [9.17, 15) is 14.4 Å². The first-order chi connectivity index (χ1) is 15.7. The van der Waals surface area contributed by atoms with Crippen LogP contribution in [-0.4, -0.2) is 21.2 Å². The second kappa shape index (κ2) is 8.82. The molecule has 4 aromatic rings. The minimum Gasteiger partial charge on any atom is -0.337 e. The van der Waals surface area contributed by atoms with Crippen molar-refractivity contribution in [3.63, 3.8) is 0 Å². The zero-order chi connectivity index (χ0) is 23.7. The maximum Gasteiger partial charge on any atom is 0.244 e. The number of anilines is 1. The second-order valence-corrected chi connectivity index (χ2v) is 8.38. The van der Waals surface area contributed by atoms with Crippen molar-refractivity contribution >= 4 is 28.3 Å². The third kappa shape index (κ3) is 4.46. The molecule has 0 saturated carbocycles. The Balaban J connectivity index is 1.80. The average molecular weight is 440 g/mol. The second-order valence-electron chi connectivity index (χ2n) is 8.38. The van der Waals surface area contributed by atoms with E-state index in [1.165, 1.54) is 18.6 Å². The van der Waals surface area contributed by atoms with Gasteiger partial charge in [-0.05, 0) is 74.7 Å². The summed E-state index contributed by atoms with van der Waals surface area (Å²) in [4.78, 5) is 43.3. The van der Waals surface area contributed by atoms with Crippen molar-refractivity contribution in [1.29, 1.82) is 0 Å². The van der Waals surface area contributed by atoms with Crippen LogP contribution in [-0.2, 0) is 11.3 Å². The minimum absolute atomic E-state index is 0.0243. The van der Waals surface area contributed by atoms with Crippen LogP contribution in [0.3, 0.4) is 0 Å². The van der Waals surface area contributed by atoms with Crippen molar-refractivity contribution in [2.45, 2.75) is 34.2 Å². The Morgan fingerprint density at radius 3 is 2.30 bits per heavy atom. The third-order valence-electron chi connectivity index (χ3n) is 5.85. The lowest BCUT2D eigenvalue weighted by molar-refractivity contribution is -0.116. The third-order valence-corrected chi connectivity index (χ3v) is 5.85. The van der Waals surface area contributed by atoms with Crippen LogP contribution >= 0.6 is 0 Å². The molecule has 33 heavy (non-hydrogen) atoms. The van der Waals surface area contributed by atoms with Crippen LogP contribution in [0.15, 0.2) is 65.8 Å². The first-order valence-corrected chi connectivity index (χ1v) is 10.7. The summed E-state index contributed by atoms with van der Waals surface area (Å²) in [5, 5.41) is 3.35. The van der Waals surface area contributed by atoms with Crippen LogP contribution in [0, 0.1) is 27.7 Å². The number of fused-ring (bicyclic) bond motifs is 1. The minimum atomic E-state index is -0.397. The highest BCUT2D eigenvalue weighted by Gasteiger charge is 2.19. The molecule has 2 heterocycles. The fourth-order valence-electron chi connectivity index (χ4n) is 3.90. The standard InChI is InChI=1S/C27H25N3O3/c1-16-5-6-23(19(4)11-16)29-25(31)15-30-14-22(26(32)20-7-9-28-10-8-20)27(33)21-12-17(2)18(3)13-24(21)30/h5-14H,15H2,1-4H3,(H,29,31). The van der Waals surface area contributed by atoms with E-state index in [0.29, 0.717) is 16.5 Å². The SMILES string of the molecule is Cc1ccc(NC(=O)Cn2cc(C(=O)c3ccncc3)c(=O)c3cc(C)c(C)cc32)c(C)c1. The van der Waals surface area contributed by atoms with E-state index >= 15 is 0 Å². The quantitative estimate of drug-likeness (QED) is 0.464. The van der Waals surface area contributed by atoms with Gasteiger partial charge in [0.25, 0.3) is 0 Å². The summed E-state index contributed by atoms with van der Waals surface area (Å²) in [7, 11) is 0. The molecule has 6 heteroatoms. The summed E-state index contributed by atoms with van der Waals surface area (Å²) in [6.45, 7) is 7.77. The lowest BCUT2D eigenvalue weighted by atomic mass is 10.0. The van der Waals surface area contributed by atoms with E-state index in [1.54, 1.807) is 22.8 Å². The van der Waals surface area contributed by atoms with Crippen LogP contribution in [0.1, 0.15) is 38.2 Å². The Kier molecular flexibility index (Phi) is 5.92. The zero-order valence-corrected chi connectivity index (χ0v) is 19.1. The van der Waals surface area contributed by atoms with Gasteiger partial charge in [0.15, 0.2) is 5.78 Å². The summed E-state index contributed by atoms with van der Waals surface area (Å²) in [6.07, 6.45) is 4.51. The van der Waals surface area contributed by atoms with Gasteiger partial charge in [0.2, 0.25) is 11.3 Å².